The minimum absolute atomic E-state index is 0.114. The predicted molar refractivity (Wildman–Crippen MR) is 91.5 cm³/mol. The molecular weight excluding hydrogens is 302 g/mol. The van der Waals surface area contributed by atoms with Crippen LogP contribution in [0.4, 0.5) is 0 Å². The molecular formula is C18H17N5O. The number of carbonyl (C=O) groups excluding carboxylic acids is 1. The molecule has 0 unspecified atom stereocenters. The summed E-state index contributed by atoms with van der Waals surface area (Å²) in [6.07, 6.45) is 4.09. The van der Waals surface area contributed by atoms with E-state index in [2.05, 4.69) is 39.4 Å². The number of rotatable bonds is 4. The molecule has 0 spiro atoms. The van der Waals surface area contributed by atoms with Gasteiger partial charge in [-0.25, -0.2) is 4.68 Å². The Hall–Kier alpha value is -3.15. The molecule has 0 radical (unpaired) electrons. The molecule has 0 atom stereocenters. The molecule has 1 amide bonds. The van der Waals surface area contributed by atoms with Crippen molar-refractivity contribution in [2.75, 3.05) is 0 Å². The molecule has 4 rings (SSSR count). The molecule has 24 heavy (non-hydrogen) atoms. The zero-order valence-corrected chi connectivity index (χ0v) is 13.1. The van der Waals surface area contributed by atoms with Gasteiger partial charge in [-0.1, -0.05) is 47.7 Å². The fourth-order valence-corrected chi connectivity index (χ4v) is 2.95. The average molecular weight is 319 g/mol. The number of aromatic nitrogens is 3. The van der Waals surface area contributed by atoms with Crippen molar-refractivity contribution >= 4 is 22.6 Å². The van der Waals surface area contributed by atoms with Gasteiger partial charge in [-0.2, -0.15) is 0 Å². The van der Waals surface area contributed by atoms with Gasteiger partial charge in [0.1, 0.15) is 12.1 Å². The lowest BCUT2D eigenvalue weighted by molar-refractivity contribution is -0.122. The summed E-state index contributed by atoms with van der Waals surface area (Å²) in [7, 11) is 0. The van der Waals surface area contributed by atoms with E-state index in [0.29, 0.717) is 0 Å². The van der Waals surface area contributed by atoms with Crippen molar-refractivity contribution < 1.29 is 4.79 Å². The van der Waals surface area contributed by atoms with Crippen LogP contribution in [0.15, 0.2) is 54.6 Å². The minimum Gasteiger partial charge on any atom is -0.298 e. The number of amides is 1. The molecule has 120 valence electrons. The van der Waals surface area contributed by atoms with Gasteiger partial charge in [-0.05, 0) is 30.5 Å². The standard InChI is InChI=1S/C18H17N5O/c24-18(12-23-17-11-4-3-9-16(17)20-22-23)21-19-15-10-5-7-13-6-1-2-8-14(13)15/h1-4,6,8-11,19H,5,7,12H2,(H,21,24). The van der Waals surface area contributed by atoms with Crippen molar-refractivity contribution in [1.29, 1.82) is 0 Å². The highest BCUT2D eigenvalue weighted by molar-refractivity contribution is 5.80. The van der Waals surface area contributed by atoms with Crippen LogP contribution >= 0.6 is 0 Å². The van der Waals surface area contributed by atoms with Gasteiger partial charge < -0.3 is 0 Å². The number of aryl methyl sites for hydroxylation is 1. The Kier molecular flexibility index (Phi) is 3.70. The number of hydrazine groups is 1. The van der Waals surface area contributed by atoms with Crippen molar-refractivity contribution in [3.05, 3.63) is 65.7 Å². The van der Waals surface area contributed by atoms with E-state index in [1.54, 1.807) is 4.68 Å². The molecule has 0 saturated heterocycles. The number of hydrogen-bond acceptors (Lipinski definition) is 4. The van der Waals surface area contributed by atoms with Crippen molar-refractivity contribution in [2.24, 2.45) is 0 Å². The molecule has 0 fully saturated rings. The summed E-state index contributed by atoms with van der Waals surface area (Å²) in [5.41, 5.74) is 10.8. The monoisotopic (exact) mass is 319 g/mol. The Bertz CT molecular complexity index is 928. The van der Waals surface area contributed by atoms with Crippen LogP contribution in [0.2, 0.25) is 0 Å². The van der Waals surface area contributed by atoms with E-state index in [4.69, 9.17) is 0 Å². The first-order valence-corrected chi connectivity index (χ1v) is 7.93. The maximum atomic E-state index is 12.2. The van der Waals surface area contributed by atoms with E-state index < -0.39 is 0 Å². The van der Waals surface area contributed by atoms with Gasteiger partial charge in [0.25, 0.3) is 5.91 Å². The van der Waals surface area contributed by atoms with E-state index in [9.17, 15) is 4.79 Å². The van der Waals surface area contributed by atoms with Crippen molar-refractivity contribution in [3.63, 3.8) is 0 Å². The second-order valence-corrected chi connectivity index (χ2v) is 5.72. The summed E-state index contributed by atoms with van der Waals surface area (Å²) < 4.78 is 1.59. The number of hydrogen-bond donors (Lipinski definition) is 2. The van der Waals surface area contributed by atoms with E-state index in [1.807, 2.05) is 36.4 Å². The van der Waals surface area contributed by atoms with Gasteiger partial charge in [-0.15, -0.1) is 5.10 Å². The van der Waals surface area contributed by atoms with E-state index >= 15 is 0 Å². The molecule has 3 aromatic rings. The molecule has 2 N–H and O–H groups in total. The van der Waals surface area contributed by atoms with Crippen LogP contribution in [-0.4, -0.2) is 20.9 Å². The quantitative estimate of drug-likeness (QED) is 0.722. The number of nitrogens with zero attached hydrogens (tertiary/aromatic N) is 3. The first kappa shape index (κ1) is 14.4. The van der Waals surface area contributed by atoms with Crippen LogP contribution < -0.4 is 10.9 Å². The number of carbonyl (C=O) groups is 1. The maximum absolute atomic E-state index is 12.2. The van der Waals surface area contributed by atoms with Crippen molar-refractivity contribution in [2.45, 2.75) is 19.4 Å². The number of nitrogens with one attached hydrogen (secondary N) is 2. The highest BCUT2D eigenvalue weighted by Gasteiger charge is 2.13. The largest absolute Gasteiger partial charge is 0.298 e. The summed E-state index contributed by atoms with van der Waals surface area (Å²) in [4.78, 5) is 12.2. The summed E-state index contributed by atoms with van der Waals surface area (Å²) in [5, 5.41) is 8.08. The zero-order valence-electron chi connectivity index (χ0n) is 13.1. The molecule has 0 bridgehead atoms. The van der Waals surface area contributed by atoms with Gasteiger partial charge in [-0.3, -0.25) is 15.6 Å². The Labute approximate surface area is 139 Å². The molecule has 0 aliphatic heterocycles. The lowest BCUT2D eigenvalue weighted by atomic mass is 9.95. The first-order chi connectivity index (χ1) is 11.8. The fraction of sp³-hybridized carbons (Fsp3) is 0.167. The highest BCUT2D eigenvalue weighted by Crippen LogP contribution is 2.23. The van der Waals surface area contributed by atoms with Crippen LogP contribution in [0.25, 0.3) is 16.7 Å². The smallest absolute Gasteiger partial charge is 0.260 e. The van der Waals surface area contributed by atoms with Crippen LogP contribution in [0.3, 0.4) is 0 Å². The van der Waals surface area contributed by atoms with E-state index in [-0.39, 0.29) is 12.5 Å². The van der Waals surface area contributed by atoms with Crippen molar-refractivity contribution in [1.82, 2.24) is 25.8 Å². The molecule has 0 saturated carbocycles. The first-order valence-electron chi connectivity index (χ1n) is 7.93. The summed E-state index contributed by atoms with van der Waals surface area (Å²) >= 11 is 0. The molecule has 2 aromatic carbocycles. The number of fused-ring (bicyclic) bond motifs is 2. The predicted octanol–water partition coefficient (Wildman–Crippen LogP) is 2.04. The highest BCUT2D eigenvalue weighted by atomic mass is 16.2. The van der Waals surface area contributed by atoms with Crippen LogP contribution in [-0.2, 0) is 17.8 Å². The lowest BCUT2D eigenvalue weighted by Gasteiger charge is -2.19. The fourth-order valence-electron chi connectivity index (χ4n) is 2.95. The van der Waals surface area contributed by atoms with Crippen LogP contribution in [0.5, 0.6) is 0 Å². The number of benzene rings is 2. The average Bonchev–Trinajstić information content (AvgIpc) is 3.03. The second kappa shape index (κ2) is 6.16. The third kappa shape index (κ3) is 2.74. The summed E-state index contributed by atoms with van der Waals surface area (Å²) in [6, 6.07) is 15.8. The minimum atomic E-state index is -0.172. The van der Waals surface area contributed by atoms with Gasteiger partial charge >= 0.3 is 0 Å². The second-order valence-electron chi connectivity index (χ2n) is 5.72. The third-order valence-corrected chi connectivity index (χ3v) is 4.12. The van der Waals surface area contributed by atoms with Crippen molar-refractivity contribution in [3.8, 4) is 0 Å². The zero-order chi connectivity index (χ0) is 16.4. The van der Waals surface area contributed by atoms with E-state index in [1.165, 1.54) is 5.56 Å². The van der Waals surface area contributed by atoms with E-state index in [0.717, 1.165) is 35.1 Å². The van der Waals surface area contributed by atoms with Gasteiger partial charge in [0.15, 0.2) is 0 Å². The maximum Gasteiger partial charge on any atom is 0.260 e. The molecule has 1 aromatic heterocycles. The molecule has 1 aliphatic rings. The molecule has 1 aliphatic carbocycles. The Balaban J connectivity index is 1.43. The normalized spacial score (nSPS) is 13.2. The van der Waals surface area contributed by atoms with Crippen LogP contribution in [0, 0.1) is 0 Å². The molecule has 6 nitrogen and oxygen atoms in total. The topological polar surface area (TPSA) is 71.8 Å². The number of allylic oxidation sites excluding steroid dienone is 1. The Morgan fingerprint density at radius 2 is 1.96 bits per heavy atom. The molecule has 1 heterocycles. The lowest BCUT2D eigenvalue weighted by Crippen LogP contribution is -2.39. The number of para-hydroxylation sites is 1. The third-order valence-electron chi connectivity index (χ3n) is 4.12. The van der Waals surface area contributed by atoms with Gasteiger partial charge in [0, 0.05) is 5.56 Å². The van der Waals surface area contributed by atoms with Gasteiger partial charge in [0.2, 0.25) is 0 Å². The SMILES string of the molecule is O=C(Cn1nnc2ccccc21)NNC1=CCCc2ccccc21. The van der Waals surface area contributed by atoms with Crippen LogP contribution in [0.1, 0.15) is 17.5 Å². The Morgan fingerprint density at radius 1 is 1.12 bits per heavy atom. The Morgan fingerprint density at radius 3 is 2.92 bits per heavy atom. The molecule has 6 heteroatoms. The summed E-state index contributed by atoms with van der Waals surface area (Å²) in [6.45, 7) is 0.114. The van der Waals surface area contributed by atoms with Gasteiger partial charge in [0.05, 0.1) is 11.2 Å². The summed E-state index contributed by atoms with van der Waals surface area (Å²) in [5.74, 6) is -0.172.